The van der Waals surface area contributed by atoms with E-state index in [1.165, 1.54) is 50.3 Å². The average molecular weight is 527 g/mol. The summed E-state index contributed by atoms with van der Waals surface area (Å²) in [4.78, 5) is 0. The molecule has 0 amide bonds. The molecule has 2 unspecified atom stereocenters. The third-order valence-corrected chi connectivity index (χ3v) is 7.16. The fourth-order valence-corrected chi connectivity index (χ4v) is 4.94. The number of benzene rings is 3. The third-order valence-electron chi connectivity index (χ3n) is 7.16. The van der Waals surface area contributed by atoms with E-state index in [0.29, 0.717) is 35.0 Å². The number of hydrogen-bond acceptors (Lipinski definition) is 3. The molecule has 4 rings (SSSR count). The maximum absolute atomic E-state index is 14.9. The molecule has 0 saturated carbocycles. The van der Waals surface area contributed by atoms with Crippen LogP contribution in [-0.4, -0.2) is 25.9 Å². The third kappa shape index (κ3) is 7.10. The summed E-state index contributed by atoms with van der Waals surface area (Å²) in [5, 5.41) is 0. The van der Waals surface area contributed by atoms with E-state index < -0.39 is 17.5 Å². The van der Waals surface area contributed by atoms with Gasteiger partial charge in [0.15, 0.2) is 11.6 Å². The Hall–Kier alpha value is -2.99. The second-order valence-electron chi connectivity index (χ2n) is 9.95. The molecule has 204 valence electrons. The lowest BCUT2D eigenvalue weighted by molar-refractivity contribution is -0.0394. The maximum Gasteiger partial charge on any atom is 0.201 e. The summed E-state index contributed by atoms with van der Waals surface area (Å²) in [6.45, 7) is 5.35. The fraction of sp³-hybridized carbons (Fsp3) is 0.438. The summed E-state index contributed by atoms with van der Waals surface area (Å²) in [6, 6.07) is 14.4. The Bertz CT molecular complexity index is 1170. The fourth-order valence-electron chi connectivity index (χ4n) is 4.94. The van der Waals surface area contributed by atoms with E-state index in [-0.39, 0.29) is 24.0 Å². The van der Waals surface area contributed by atoms with Gasteiger partial charge in [-0.15, -0.1) is 0 Å². The molecule has 3 aromatic rings. The molecular formula is C32H37F3O3. The number of unbranched alkanes of at least 4 members (excludes halogenated alkanes) is 3. The van der Waals surface area contributed by atoms with Crippen molar-refractivity contribution >= 4 is 0 Å². The van der Waals surface area contributed by atoms with Gasteiger partial charge in [0.1, 0.15) is 18.2 Å². The van der Waals surface area contributed by atoms with Crippen molar-refractivity contribution in [3.8, 4) is 33.8 Å². The van der Waals surface area contributed by atoms with Crippen molar-refractivity contribution in [2.75, 3.05) is 19.8 Å². The van der Waals surface area contributed by atoms with Crippen LogP contribution in [0.5, 0.6) is 11.5 Å². The number of hydrogen-bond donors (Lipinski definition) is 0. The van der Waals surface area contributed by atoms with E-state index in [1.807, 2.05) is 0 Å². The highest BCUT2D eigenvalue weighted by Crippen LogP contribution is 2.33. The van der Waals surface area contributed by atoms with Crippen LogP contribution < -0.4 is 9.47 Å². The molecule has 0 spiro atoms. The first-order chi connectivity index (χ1) is 18.5. The van der Waals surface area contributed by atoms with Gasteiger partial charge in [-0.1, -0.05) is 56.9 Å². The molecular weight excluding hydrogens is 489 g/mol. The molecule has 1 heterocycles. The molecule has 1 saturated heterocycles. The first-order valence-electron chi connectivity index (χ1n) is 13.8. The van der Waals surface area contributed by atoms with Crippen LogP contribution in [0.1, 0.15) is 58.8 Å². The molecule has 0 aliphatic carbocycles. The zero-order valence-corrected chi connectivity index (χ0v) is 22.3. The van der Waals surface area contributed by atoms with Gasteiger partial charge in [-0.05, 0) is 67.5 Å². The molecule has 3 nitrogen and oxygen atoms in total. The van der Waals surface area contributed by atoms with Crippen LogP contribution >= 0.6 is 0 Å². The van der Waals surface area contributed by atoms with Gasteiger partial charge >= 0.3 is 0 Å². The summed E-state index contributed by atoms with van der Waals surface area (Å²) < 4.78 is 60.7. The van der Waals surface area contributed by atoms with Gasteiger partial charge in [-0.3, -0.25) is 0 Å². The second-order valence-corrected chi connectivity index (χ2v) is 9.95. The summed E-state index contributed by atoms with van der Waals surface area (Å²) >= 11 is 0. The Morgan fingerprint density at radius 1 is 0.789 bits per heavy atom. The number of halogens is 3. The Balaban J connectivity index is 1.32. The molecule has 1 aliphatic rings. The molecule has 1 aliphatic heterocycles. The Labute approximate surface area is 223 Å². The molecule has 0 radical (unpaired) electrons. The predicted molar refractivity (Wildman–Crippen MR) is 145 cm³/mol. The summed E-state index contributed by atoms with van der Waals surface area (Å²) in [6.07, 6.45) is 8.50. The van der Waals surface area contributed by atoms with Gasteiger partial charge in [-0.25, -0.2) is 8.78 Å². The minimum absolute atomic E-state index is 0.0324. The Morgan fingerprint density at radius 2 is 1.53 bits per heavy atom. The monoisotopic (exact) mass is 526 g/mol. The van der Waals surface area contributed by atoms with Gasteiger partial charge in [-0.2, -0.15) is 4.39 Å². The van der Waals surface area contributed by atoms with Crippen molar-refractivity contribution in [2.45, 2.75) is 64.9 Å². The molecule has 0 bridgehead atoms. The van der Waals surface area contributed by atoms with E-state index in [2.05, 4.69) is 6.92 Å². The quantitative estimate of drug-likeness (QED) is 0.220. The highest BCUT2D eigenvalue weighted by Gasteiger charge is 2.22. The van der Waals surface area contributed by atoms with Gasteiger partial charge < -0.3 is 14.2 Å². The highest BCUT2D eigenvalue weighted by atomic mass is 19.2. The van der Waals surface area contributed by atoms with Gasteiger partial charge in [0.05, 0.1) is 12.7 Å². The van der Waals surface area contributed by atoms with Crippen molar-refractivity contribution < 1.29 is 27.4 Å². The molecule has 1 fully saturated rings. The maximum atomic E-state index is 14.9. The molecule has 6 heteroatoms. The smallest absolute Gasteiger partial charge is 0.201 e. The lowest BCUT2D eigenvalue weighted by Gasteiger charge is -2.29. The van der Waals surface area contributed by atoms with Crippen molar-refractivity contribution in [1.29, 1.82) is 0 Å². The first kappa shape index (κ1) is 28.0. The van der Waals surface area contributed by atoms with Crippen LogP contribution in [0.25, 0.3) is 22.3 Å². The van der Waals surface area contributed by atoms with Crippen molar-refractivity contribution in [3.63, 3.8) is 0 Å². The summed E-state index contributed by atoms with van der Waals surface area (Å²) in [5.74, 6) is -1.43. The topological polar surface area (TPSA) is 27.7 Å². The van der Waals surface area contributed by atoms with E-state index in [4.69, 9.17) is 14.2 Å². The van der Waals surface area contributed by atoms with Crippen molar-refractivity contribution in [3.05, 3.63) is 72.0 Å². The number of rotatable bonds is 12. The highest BCUT2D eigenvalue weighted by molar-refractivity contribution is 5.71. The largest absolute Gasteiger partial charge is 0.491 e. The molecule has 38 heavy (non-hydrogen) atoms. The minimum atomic E-state index is -1.02. The van der Waals surface area contributed by atoms with Crippen molar-refractivity contribution in [2.24, 2.45) is 5.92 Å². The van der Waals surface area contributed by atoms with Crippen LogP contribution in [0.4, 0.5) is 13.2 Å². The van der Waals surface area contributed by atoms with Crippen molar-refractivity contribution in [1.82, 2.24) is 0 Å². The standard InChI is InChI=1S/C32H37F3O3/c1-3-5-6-7-8-22-9-14-26(37-20-22)21-38-25-15-16-27(29(33)19-25)23-10-12-24(13-11-23)28-17-18-30(36-4-2)32(35)31(28)34/h10-13,15-19,22,26H,3-9,14,20-21H2,1-2H3. The lowest BCUT2D eigenvalue weighted by atomic mass is 9.93. The Morgan fingerprint density at radius 3 is 2.18 bits per heavy atom. The Kier molecular flexibility index (Phi) is 10.1. The normalized spacial score (nSPS) is 17.4. The van der Waals surface area contributed by atoms with Gasteiger partial charge in [0.25, 0.3) is 0 Å². The number of ether oxygens (including phenoxy) is 3. The lowest BCUT2D eigenvalue weighted by Crippen LogP contribution is -2.30. The SMILES string of the molecule is CCCCCCC1CCC(COc2ccc(-c3ccc(-c4ccc(OCC)c(F)c4F)cc3)c(F)c2)OC1. The predicted octanol–water partition coefficient (Wildman–Crippen LogP) is 8.98. The van der Waals surface area contributed by atoms with Crippen LogP contribution in [0, 0.1) is 23.4 Å². The summed E-state index contributed by atoms with van der Waals surface area (Å²) in [7, 11) is 0. The van der Waals surface area contributed by atoms with E-state index >= 15 is 0 Å². The zero-order valence-electron chi connectivity index (χ0n) is 22.3. The minimum Gasteiger partial charge on any atom is -0.491 e. The van der Waals surface area contributed by atoms with E-state index in [1.54, 1.807) is 43.3 Å². The zero-order chi connectivity index (χ0) is 26.9. The van der Waals surface area contributed by atoms with Crippen LogP contribution in [0.2, 0.25) is 0 Å². The molecule has 3 aromatic carbocycles. The van der Waals surface area contributed by atoms with Crippen LogP contribution in [0.15, 0.2) is 54.6 Å². The van der Waals surface area contributed by atoms with Gasteiger partial charge in [0, 0.05) is 23.8 Å². The second kappa shape index (κ2) is 13.7. The van der Waals surface area contributed by atoms with Crippen LogP contribution in [0.3, 0.4) is 0 Å². The molecule has 2 atom stereocenters. The first-order valence-corrected chi connectivity index (χ1v) is 13.8. The molecule has 0 aromatic heterocycles. The molecule has 0 N–H and O–H groups in total. The average Bonchev–Trinajstić information content (AvgIpc) is 2.94. The van der Waals surface area contributed by atoms with Gasteiger partial charge in [0.2, 0.25) is 5.82 Å². The summed E-state index contributed by atoms with van der Waals surface area (Å²) in [5.41, 5.74) is 1.64. The van der Waals surface area contributed by atoms with E-state index in [0.717, 1.165) is 19.4 Å². The van der Waals surface area contributed by atoms with E-state index in [9.17, 15) is 13.2 Å². The van der Waals surface area contributed by atoms with Crippen LogP contribution in [-0.2, 0) is 4.74 Å².